The van der Waals surface area contributed by atoms with Gasteiger partial charge in [0, 0.05) is 5.56 Å². The fourth-order valence-electron chi connectivity index (χ4n) is 1.33. The van der Waals surface area contributed by atoms with Gasteiger partial charge in [-0.3, -0.25) is 10.1 Å². The van der Waals surface area contributed by atoms with Crippen LogP contribution in [0.5, 0.6) is 0 Å². The molecule has 0 saturated carbocycles. The van der Waals surface area contributed by atoms with E-state index in [4.69, 9.17) is 27.1 Å². The molecule has 1 aromatic rings. The van der Waals surface area contributed by atoms with Crippen molar-refractivity contribution in [2.45, 2.75) is 19.0 Å². The van der Waals surface area contributed by atoms with Gasteiger partial charge in [0.05, 0.1) is 4.92 Å². The van der Waals surface area contributed by atoms with Crippen LogP contribution >= 0.6 is 0 Å². The number of alkyl halides is 3. The Morgan fingerprint density at radius 1 is 1.41 bits per heavy atom. The Morgan fingerprint density at radius 3 is 2.27 bits per heavy atom. The van der Waals surface area contributed by atoms with E-state index in [1.807, 2.05) is 0 Å². The third-order valence-corrected chi connectivity index (χ3v) is 2.19. The number of nitro groups is 1. The maximum Gasteiger partial charge on any atom is 0.490 e. The molecule has 0 radical (unpaired) electrons. The highest BCUT2D eigenvalue weighted by molar-refractivity contribution is 5.73. The Morgan fingerprint density at radius 2 is 1.91 bits per heavy atom. The lowest BCUT2D eigenvalue weighted by Crippen LogP contribution is -2.21. The standard InChI is InChI=1S/C8H13N5O2.C2HF3O2/c9-3-1-2-5-4-6(10)12-8(11)7(5)13(14)15;3-2(4,5)1(6)7/h4H,1-3,9H2,(H4,10,11,12);(H,6,7). The number of hydrogen-bond donors (Lipinski definition) is 4. The van der Waals surface area contributed by atoms with Crippen LogP contribution in [0, 0.1) is 10.1 Å². The van der Waals surface area contributed by atoms with Crippen molar-refractivity contribution in [2.24, 2.45) is 5.73 Å². The first kappa shape index (κ1) is 19.4. The van der Waals surface area contributed by atoms with Gasteiger partial charge in [-0.1, -0.05) is 0 Å². The second-order valence-electron chi connectivity index (χ2n) is 3.89. The second kappa shape index (κ2) is 7.97. The average Bonchev–Trinajstić information content (AvgIpc) is 2.34. The van der Waals surface area contributed by atoms with Crippen LogP contribution in [0.4, 0.5) is 30.5 Å². The zero-order chi connectivity index (χ0) is 17.5. The molecule has 0 atom stereocenters. The van der Waals surface area contributed by atoms with Crippen LogP contribution in [0.1, 0.15) is 12.0 Å². The Bertz CT molecular complexity index is 550. The molecule has 0 unspecified atom stereocenters. The summed E-state index contributed by atoms with van der Waals surface area (Å²) in [5.74, 6) is -2.72. The number of rotatable bonds is 4. The minimum Gasteiger partial charge on any atom is -0.475 e. The molecule has 0 aliphatic rings. The Labute approximate surface area is 122 Å². The van der Waals surface area contributed by atoms with Crippen LogP contribution in [0.25, 0.3) is 0 Å². The summed E-state index contributed by atoms with van der Waals surface area (Å²) in [5.41, 5.74) is 16.5. The molecular formula is C10H14F3N5O4. The summed E-state index contributed by atoms with van der Waals surface area (Å²) in [5, 5.41) is 17.9. The van der Waals surface area contributed by atoms with E-state index in [0.717, 1.165) is 0 Å². The van der Waals surface area contributed by atoms with E-state index in [0.29, 0.717) is 24.9 Å². The van der Waals surface area contributed by atoms with E-state index in [9.17, 15) is 23.3 Å². The summed E-state index contributed by atoms with van der Waals surface area (Å²) < 4.78 is 31.7. The van der Waals surface area contributed by atoms with Crippen LogP contribution < -0.4 is 17.2 Å². The summed E-state index contributed by atoms with van der Waals surface area (Å²) >= 11 is 0. The van der Waals surface area contributed by atoms with E-state index in [-0.39, 0.29) is 17.3 Å². The van der Waals surface area contributed by atoms with E-state index in [2.05, 4.69) is 4.98 Å². The number of carbonyl (C=O) groups is 1. The molecule has 12 heteroatoms. The molecule has 9 nitrogen and oxygen atoms in total. The number of anilines is 2. The Balaban J connectivity index is 0.000000534. The first-order valence-electron chi connectivity index (χ1n) is 5.70. The van der Waals surface area contributed by atoms with Crippen molar-refractivity contribution >= 4 is 23.3 Å². The number of nitrogens with zero attached hydrogens (tertiary/aromatic N) is 2. The van der Waals surface area contributed by atoms with Gasteiger partial charge in [-0.2, -0.15) is 13.2 Å². The molecule has 1 rings (SSSR count). The number of pyridine rings is 1. The summed E-state index contributed by atoms with van der Waals surface area (Å²) in [6.07, 6.45) is -3.96. The number of aryl methyl sites for hydroxylation is 1. The van der Waals surface area contributed by atoms with Gasteiger partial charge in [-0.25, -0.2) is 9.78 Å². The number of aromatic nitrogens is 1. The van der Waals surface area contributed by atoms with Crippen molar-refractivity contribution in [3.05, 3.63) is 21.7 Å². The summed E-state index contributed by atoms with van der Waals surface area (Å²) in [4.78, 5) is 22.7. The molecule has 0 bridgehead atoms. The molecule has 1 aromatic heterocycles. The predicted octanol–water partition coefficient (Wildman–Crippen LogP) is 0.679. The van der Waals surface area contributed by atoms with E-state index in [1.54, 1.807) is 0 Å². The zero-order valence-corrected chi connectivity index (χ0v) is 11.1. The van der Waals surface area contributed by atoms with E-state index < -0.39 is 17.1 Å². The number of carboxylic acid groups (broad SMARTS) is 1. The van der Waals surface area contributed by atoms with Crippen molar-refractivity contribution in [2.75, 3.05) is 18.0 Å². The Hall–Kier alpha value is -2.63. The molecule has 0 aromatic carbocycles. The number of hydrogen-bond acceptors (Lipinski definition) is 7. The highest BCUT2D eigenvalue weighted by atomic mass is 19.4. The quantitative estimate of drug-likeness (QED) is 0.462. The highest BCUT2D eigenvalue weighted by Crippen LogP contribution is 2.27. The topological polar surface area (TPSA) is 171 Å². The lowest BCUT2D eigenvalue weighted by molar-refractivity contribution is -0.384. The fourth-order valence-corrected chi connectivity index (χ4v) is 1.33. The first-order chi connectivity index (χ1) is 10.0. The third-order valence-electron chi connectivity index (χ3n) is 2.19. The molecular weight excluding hydrogens is 311 g/mol. The van der Waals surface area contributed by atoms with Gasteiger partial charge >= 0.3 is 17.8 Å². The van der Waals surface area contributed by atoms with Crippen molar-refractivity contribution in [3.63, 3.8) is 0 Å². The summed E-state index contributed by atoms with van der Waals surface area (Å²) in [7, 11) is 0. The second-order valence-corrected chi connectivity index (χ2v) is 3.89. The van der Waals surface area contributed by atoms with Gasteiger partial charge in [-0.15, -0.1) is 0 Å². The lowest BCUT2D eigenvalue weighted by atomic mass is 10.1. The minimum atomic E-state index is -5.08. The number of nitrogen functional groups attached to an aromatic ring is 2. The van der Waals surface area contributed by atoms with Crippen molar-refractivity contribution in [1.82, 2.24) is 4.98 Å². The highest BCUT2D eigenvalue weighted by Gasteiger charge is 2.38. The Kier molecular flexibility index (Phi) is 7.02. The van der Waals surface area contributed by atoms with E-state index >= 15 is 0 Å². The molecule has 0 amide bonds. The largest absolute Gasteiger partial charge is 0.490 e. The third kappa shape index (κ3) is 6.21. The maximum atomic E-state index is 10.7. The zero-order valence-electron chi connectivity index (χ0n) is 11.1. The number of halogens is 3. The van der Waals surface area contributed by atoms with Gasteiger partial charge in [-0.05, 0) is 25.5 Å². The van der Waals surface area contributed by atoms with E-state index in [1.165, 1.54) is 6.07 Å². The van der Waals surface area contributed by atoms with Crippen molar-refractivity contribution in [1.29, 1.82) is 0 Å². The summed E-state index contributed by atoms with van der Waals surface area (Å²) in [6, 6.07) is 1.46. The smallest absolute Gasteiger partial charge is 0.475 e. The first-order valence-corrected chi connectivity index (χ1v) is 5.70. The normalized spacial score (nSPS) is 10.5. The lowest BCUT2D eigenvalue weighted by Gasteiger charge is -2.05. The van der Waals surface area contributed by atoms with Gasteiger partial charge in [0.25, 0.3) is 0 Å². The van der Waals surface area contributed by atoms with Crippen LogP contribution in [-0.2, 0) is 11.2 Å². The molecule has 0 aliphatic heterocycles. The average molecular weight is 325 g/mol. The van der Waals surface area contributed by atoms with Gasteiger partial charge in [0.1, 0.15) is 5.82 Å². The van der Waals surface area contributed by atoms with Crippen LogP contribution in [0.15, 0.2) is 6.07 Å². The van der Waals surface area contributed by atoms with Gasteiger partial charge in [0.2, 0.25) is 5.82 Å². The molecule has 22 heavy (non-hydrogen) atoms. The maximum absolute atomic E-state index is 10.7. The molecule has 0 saturated heterocycles. The van der Waals surface area contributed by atoms with Crippen molar-refractivity contribution < 1.29 is 28.0 Å². The molecule has 124 valence electrons. The molecule has 0 fully saturated rings. The number of aliphatic carboxylic acids is 1. The molecule has 7 N–H and O–H groups in total. The monoisotopic (exact) mass is 325 g/mol. The van der Waals surface area contributed by atoms with Gasteiger partial charge in [0.15, 0.2) is 0 Å². The van der Waals surface area contributed by atoms with Crippen molar-refractivity contribution in [3.8, 4) is 0 Å². The number of nitrogens with two attached hydrogens (primary N) is 3. The van der Waals surface area contributed by atoms with Crippen LogP contribution in [0.3, 0.4) is 0 Å². The van der Waals surface area contributed by atoms with Crippen LogP contribution in [-0.4, -0.2) is 33.7 Å². The molecule has 1 heterocycles. The minimum absolute atomic E-state index is 0.146. The summed E-state index contributed by atoms with van der Waals surface area (Å²) in [6.45, 7) is 0.458. The number of carboxylic acids is 1. The van der Waals surface area contributed by atoms with Gasteiger partial charge < -0.3 is 22.3 Å². The fraction of sp³-hybridized carbons (Fsp3) is 0.400. The molecule has 0 spiro atoms. The molecule has 0 aliphatic carbocycles. The SMILES string of the molecule is NCCCc1cc(N)nc(N)c1[N+](=O)[O-].O=C(O)C(F)(F)F. The van der Waals surface area contributed by atoms with Crippen LogP contribution in [0.2, 0.25) is 0 Å². The predicted molar refractivity (Wildman–Crippen MR) is 70.8 cm³/mol.